The fourth-order valence-electron chi connectivity index (χ4n) is 8.59. The van der Waals surface area contributed by atoms with Crippen LogP contribution < -0.4 is 5.73 Å². The van der Waals surface area contributed by atoms with Gasteiger partial charge in [0, 0.05) is 44.2 Å². The van der Waals surface area contributed by atoms with Gasteiger partial charge in [-0.2, -0.15) is 0 Å². The summed E-state index contributed by atoms with van der Waals surface area (Å²) < 4.78 is 4.78. The maximum Gasteiger partial charge on any atom is 0.0542 e. The third kappa shape index (κ3) is 10.3. The van der Waals surface area contributed by atoms with Crippen molar-refractivity contribution in [3.05, 3.63) is 247 Å². The normalized spacial score (nSPS) is 11.7. The molecule has 0 fully saturated rings. The van der Waals surface area contributed by atoms with Gasteiger partial charge in [-0.1, -0.05) is 197 Å². The van der Waals surface area contributed by atoms with Crippen molar-refractivity contribution in [3.8, 4) is 16.8 Å². The van der Waals surface area contributed by atoms with Crippen LogP contribution in [0.2, 0.25) is 0 Å². The summed E-state index contributed by atoms with van der Waals surface area (Å²) in [6, 6.07) is 56.3. The minimum atomic E-state index is 0.768. The van der Waals surface area contributed by atoms with Crippen molar-refractivity contribution < 1.29 is 0 Å². The first-order valence-corrected chi connectivity index (χ1v) is 22.9. The van der Waals surface area contributed by atoms with Crippen molar-refractivity contribution >= 4 is 55.0 Å². The van der Waals surface area contributed by atoms with E-state index in [0.717, 1.165) is 53.0 Å². The highest BCUT2D eigenvalue weighted by molar-refractivity contribution is 6.13. The molecular weight excluding hydrogens is 787 g/mol. The molecule has 0 bridgehead atoms. The Bertz CT molecular complexity index is 3180. The zero-order valence-electron chi connectivity index (χ0n) is 38.6. The molecule has 3 nitrogen and oxygen atoms in total. The Morgan fingerprint density at radius 3 is 1.94 bits per heavy atom. The lowest BCUT2D eigenvalue weighted by Gasteiger charge is -2.12. The smallest absolute Gasteiger partial charge is 0.0542 e. The van der Waals surface area contributed by atoms with E-state index in [4.69, 9.17) is 5.73 Å². The minimum absolute atomic E-state index is 0.768. The predicted molar refractivity (Wildman–Crippen MR) is 286 cm³/mol. The monoisotopic (exact) mass is 847 g/mol. The number of hydrogen-bond acceptors (Lipinski definition) is 1. The second kappa shape index (κ2) is 21.6. The number of aromatic nitrogens is 2. The molecular formula is C62H61N3. The van der Waals surface area contributed by atoms with Crippen LogP contribution in [-0.2, 0) is 19.3 Å². The Morgan fingerprint density at radius 1 is 0.600 bits per heavy atom. The Labute approximate surface area is 386 Å². The van der Waals surface area contributed by atoms with E-state index in [1.54, 1.807) is 0 Å². The maximum atomic E-state index is 6.32. The molecule has 2 N–H and O–H groups in total. The molecule has 0 amide bonds. The Hall–Kier alpha value is -7.62. The Kier molecular flexibility index (Phi) is 15.1. The second-order valence-corrected chi connectivity index (χ2v) is 16.1. The van der Waals surface area contributed by atoms with E-state index in [0.29, 0.717) is 0 Å². The van der Waals surface area contributed by atoms with Crippen LogP contribution >= 0.6 is 0 Å². The summed E-state index contributed by atoms with van der Waals surface area (Å²) in [4.78, 5) is 0. The number of para-hydroxylation sites is 3. The molecule has 324 valence electrons. The lowest BCUT2D eigenvalue weighted by molar-refractivity contribution is 1.08. The summed E-state index contributed by atoms with van der Waals surface area (Å²) in [7, 11) is 0. The average molecular weight is 848 g/mol. The van der Waals surface area contributed by atoms with Gasteiger partial charge in [-0.05, 0) is 110 Å². The van der Waals surface area contributed by atoms with Gasteiger partial charge in [0.1, 0.15) is 0 Å². The minimum Gasteiger partial charge on any atom is -0.398 e. The molecule has 65 heavy (non-hydrogen) atoms. The van der Waals surface area contributed by atoms with Crippen molar-refractivity contribution in [1.82, 2.24) is 9.13 Å². The summed E-state index contributed by atoms with van der Waals surface area (Å²) in [5.41, 5.74) is 22.7. The van der Waals surface area contributed by atoms with E-state index in [1.807, 2.05) is 63.3 Å². The molecule has 0 atom stereocenters. The third-order valence-corrected chi connectivity index (χ3v) is 11.6. The van der Waals surface area contributed by atoms with Crippen molar-refractivity contribution in [3.63, 3.8) is 0 Å². The molecule has 0 aliphatic rings. The van der Waals surface area contributed by atoms with E-state index in [2.05, 4.69) is 200 Å². The molecule has 7 aromatic carbocycles. The number of aryl methyl sites for hydroxylation is 2. The number of nitrogens with two attached hydrogens (primary N) is 1. The quantitative estimate of drug-likeness (QED) is 0.0965. The molecule has 0 spiro atoms. The highest BCUT2D eigenvalue weighted by Crippen LogP contribution is 2.37. The van der Waals surface area contributed by atoms with Crippen LogP contribution in [0.4, 0.5) is 5.69 Å². The van der Waals surface area contributed by atoms with E-state index in [9.17, 15) is 0 Å². The van der Waals surface area contributed by atoms with Crippen molar-refractivity contribution in [1.29, 1.82) is 0 Å². The van der Waals surface area contributed by atoms with Crippen LogP contribution in [0.3, 0.4) is 0 Å². The molecule has 0 saturated carbocycles. The van der Waals surface area contributed by atoms with Gasteiger partial charge in [-0.25, -0.2) is 0 Å². The zero-order chi connectivity index (χ0) is 45.7. The van der Waals surface area contributed by atoms with Crippen LogP contribution in [0, 0.1) is 6.92 Å². The SMILES string of the molecule is C=C(C)/C=C\C=C/Cc1ccccc1CC.C=C/C=C\C(=C/Cc1cccc(-c2ccccc2N)c1)n1c2ccc(C)cc2c2cc(-n3c4ccccc4c4ccccc43)ccc21.CC. The largest absolute Gasteiger partial charge is 0.398 e. The van der Waals surface area contributed by atoms with Crippen molar-refractivity contribution in [2.45, 2.75) is 53.9 Å². The first-order valence-electron chi connectivity index (χ1n) is 22.9. The number of rotatable bonds is 12. The van der Waals surface area contributed by atoms with Crippen molar-refractivity contribution in [2.24, 2.45) is 0 Å². The first kappa shape index (κ1) is 45.4. The van der Waals surface area contributed by atoms with Crippen LogP contribution in [0.1, 0.15) is 49.9 Å². The Balaban J connectivity index is 0.000000297. The van der Waals surface area contributed by atoms with E-state index in [-0.39, 0.29) is 0 Å². The molecule has 0 saturated heterocycles. The lowest BCUT2D eigenvalue weighted by atomic mass is 10.00. The van der Waals surface area contributed by atoms with Crippen molar-refractivity contribution in [2.75, 3.05) is 5.73 Å². The summed E-state index contributed by atoms with van der Waals surface area (Å²) >= 11 is 0. The van der Waals surface area contributed by atoms with Gasteiger partial charge in [0.05, 0.1) is 22.1 Å². The topological polar surface area (TPSA) is 35.9 Å². The zero-order valence-corrected chi connectivity index (χ0v) is 38.6. The van der Waals surface area contributed by atoms with Gasteiger partial charge in [0.25, 0.3) is 0 Å². The molecule has 3 heteroatoms. The maximum absolute atomic E-state index is 6.32. The van der Waals surface area contributed by atoms with Gasteiger partial charge in [0.15, 0.2) is 0 Å². The molecule has 2 heterocycles. The van der Waals surface area contributed by atoms with Crippen LogP contribution in [0.15, 0.2) is 225 Å². The fraction of sp³-hybridized carbons (Fsp3) is 0.129. The van der Waals surface area contributed by atoms with Crippen LogP contribution in [-0.4, -0.2) is 9.13 Å². The summed E-state index contributed by atoms with van der Waals surface area (Å²) in [5, 5.41) is 4.99. The number of hydrogen-bond donors (Lipinski definition) is 1. The Morgan fingerprint density at radius 2 is 1.25 bits per heavy atom. The summed E-state index contributed by atoms with van der Waals surface area (Å²) in [5.74, 6) is 0. The number of allylic oxidation sites excluding steroid dienone is 10. The van der Waals surface area contributed by atoms with Gasteiger partial charge in [-0.3, -0.25) is 0 Å². The highest BCUT2D eigenvalue weighted by Gasteiger charge is 2.17. The standard InChI is InChI=1S/C44H35N3.C16H20.C2H6/c1-3-4-14-33(23-22-31-12-11-13-32(28-31)35-15-5-8-18-40(35)45)46-43-25-21-30(2)27-38(43)39-29-34(24-26-44(39)46)47-41-19-9-6-16-36(41)37-17-7-10-20-42(37)47;1-4-15-11-8-9-13-16(15)12-7-5-6-10-14(2)3;1-2/h3-21,23-29H,1,22,45H2,2H3;5-11,13H,2,4,12H2,1,3H3;1-2H3/b14-4-,33-23+;7-5-,10-6-;. The third-order valence-electron chi connectivity index (χ3n) is 11.6. The average Bonchev–Trinajstić information content (AvgIpc) is 3.84. The lowest BCUT2D eigenvalue weighted by Crippen LogP contribution is -1.97. The molecule has 9 rings (SSSR count). The van der Waals surface area contributed by atoms with Gasteiger partial charge < -0.3 is 14.9 Å². The van der Waals surface area contributed by atoms with E-state index >= 15 is 0 Å². The van der Waals surface area contributed by atoms with Gasteiger partial charge in [0.2, 0.25) is 0 Å². The van der Waals surface area contributed by atoms with Crippen LogP contribution in [0.25, 0.3) is 66.1 Å². The molecule has 0 unspecified atom stereocenters. The number of nitrogen functional groups attached to an aromatic ring is 1. The highest BCUT2D eigenvalue weighted by atomic mass is 15.0. The van der Waals surface area contributed by atoms with Crippen LogP contribution in [0.5, 0.6) is 0 Å². The predicted octanol–water partition coefficient (Wildman–Crippen LogP) is 16.8. The number of benzene rings is 7. The molecule has 0 aliphatic carbocycles. The number of nitrogens with zero attached hydrogens (tertiary/aromatic N) is 2. The summed E-state index contributed by atoms with van der Waals surface area (Å²) in [6.45, 7) is 18.2. The fourth-order valence-corrected chi connectivity index (χ4v) is 8.59. The first-order chi connectivity index (χ1) is 31.8. The molecule has 0 radical (unpaired) electrons. The molecule has 0 aliphatic heterocycles. The van der Waals surface area contributed by atoms with E-state index in [1.165, 1.54) is 65.9 Å². The van der Waals surface area contributed by atoms with E-state index < -0.39 is 0 Å². The van der Waals surface area contributed by atoms with Gasteiger partial charge in [-0.15, -0.1) is 0 Å². The van der Waals surface area contributed by atoms with Gasteiger partial charge >= 0.3 is 0 Å². The second-order valence-electron chi connectivity index (χ2n) is 16.1. The summed E-state index contributed by atoms with van der Waals surface area (Å²) in [6.07, 6.45) is 19.5. The number of anilines is 1. The number of fused-ring (bicyclic) bond motifs is 6. The molecule has 2 aromatic heterocycles. The molecule has 9 aromatic rings.